The van der Waals surface area contributed by atoms with Gasteiger partial charge < -0.3 is 9.64 Å². The van der Waals surface area contributed by atoms with Gasteiger partial charge in [-0.15, -0.1) is 0 Å². The lowest BCUT2D eigenvalue weighted by Gasteiger charge is -2.27. The maximum absolute atomic E-state index is 11.5. The zero-order valence-electron chi connectivity index (χ0n) is 12.6. The maximum atomic E-state index is 11.5. The minimum Gasteiger partial charge on any atom is -0.491 e. The van der Waals surface area contributed by atoms with Crippen LogP contribution in [0.15, 0.2) is 24.3 Å². The Morgan fingerprint density at radius 3 is 2.47 bits per heavy atom. The summed E-state index contributed by atoms with van der Waals surface area (Å²) in [4.78, 5) is 13.7. The molecule has 0 fully saturated rings. The van der Waals surface area contributed by atoms with Gasteiger partial charge in [-0.25, -0.2) is 0 Å². The largest absolute Gasteiger partial charge is 0.491 e. The van der Waals surface area contributed by atoms with Crippen LogP contribution in [0.25, 0.3) is 0 Å². The van der Waals surface area contributed by atoms with Crippen molar-refractivity contribution in [2.24, 2.45) is 5.92 Å². The third-order valence-electron chi connectivity index (χ3n) is 3.63. The highest BCUT2D eigenvalue weighted by Crippen LogP contribution is 2.18. The van der Waals surface area contributed by atoms with Gasteiger partial charge >= 0.3 is 0 Å². The molecule has 19 heavy (non-hydrogen) atoms. The molecule has 1 aromatic carbocycles. The van der Waals surface area contributed by atoms with E-state index in [0.29, 0.717) is 29.9 Å². The number of nitrogens with zero attached hydrogens (tertiary/aromatic N) is 1. The van der Waals surface area contributed by atoms with Crippen molar-refractivity contribution >= 4 is 5.78 Å². The van der Waals surface area contributed by atoms with Crippen LogP contribution in [0.4, 0.5) is 0 Å². The molecule has 1 aromatic rings. The van der Waals surface area contributed by atoms with Gasteiger partial charge in [-0.05, 0) is 38.9 Å². The van der Waals surface area contributed by atoms with Crippen molar-refractivity contribution in [3.05, 3.63) is 29.8 Å². The van der Waals surface area contributed by atoms with E-state index in [1.54, 1.807) is 13.0 Å². The first-order chi connectivity index (χ1) is 8.93. The molecule has 0 saturated heterocycles. The Kier molecular flexibility index (Phi) is 6.03. The molecular weight excluding hydrogens is 238 g/mol. The molecule has 0 bridgehead atoms. The highest BCUT2D eigenvalue weighted by molar-refractivity contribution is 5.96. The van der Waals surface area contributed by atoms with Gasteiger partial charge in [0, 0.05) is 12.6 Å². The van der Waals surface area contributed by atoms with E-state index in [2.05, 4.69) is 32.7 Å². The van der Waals surface area contributed by atoms with Crippen LogP contribution in [0, 0.1) is 5.92 Å². The Morgan fingerprint density at radius 2 is 1.89 bits per heavy atom. The molecule has 3 nitrogen and oxygen atoms in total. The quantitative estimate of drug-likeness (QED) is 0.707. The van der Waals surface area contributed by atoms with Gasteiger partial charge in [0.05, 0.1) is 5.56 Å². The fraction of sp³-hybridized carbons (Fsp3) is 0.562. The normalized spacial score (nSPS) is 12.8. The van der Waals surface area contributed by atoms with Gasteiger partial charge in [0.2, 0.25) is 0 Å². The standard InChI is InChI=1S/C16H25NO2/c1-12(2)13(3)17(5)10-11-19-16-9-7-6-8-15(16)14(4)18/h6-9,12-13H,10-11H2,1-5H3. The van der Waals surface area contributed by atoms with E-state index in [4.69, 9.17) is 4.74 Å². The number of rotatable bonds is 7. The summed E-state index contributed by atoms with van der Waals surface area (Å²) in [6.45, 7) is 9.66. The molecule has 0 saturated carbocycles. The Bertz CT molecular complexity index is 415. The predicted molar refractivity (Wildman–Crippen MR) is 78.9 cm³/mol. The molecule has 0 heterocycles. The van der Waals surface area contributed by atoms with Crippen LogP contribution in [-0.4, -0.2) is 36.9 Å². The molecule has 1 rings (SSSR count). The fourth-order valence-electron chi connectivity index (χ4n) is 1.90. The Labute approximate surface area is 116 Å². The molecule has 3 heteroatoms. The second kappa shape index (κ2) is 7.29. The van der Waals surface area contributed by atoms with Crippen LogP contribution in [0.5, 0.6) is 5.75 Å². The molecule has 106 valence electrons. The van der Waals surface area contributed by atoms with E-state index in [9.17, 15) is 4.79 Å². The summed E-state index contributed by atoms with van der Waals surface area (Å²) in [6.07, 6.45) is 0. The summed E-state index contributed by atoms with van der Waals surface area (Å²) in [7, 11) is 2.10. The highest BCUT2D eigenvalue weighted by atomic mass is 16.5. The molecule has 1 atom stereocenters. The second-order valence-corrected chi connectivity index (χ2v) is 5.37. The zero-order chi connectivity index (χ0) is 14.4. The number of carbonyl (C=O) groups is 1. The van der Waals surface area contributed by atoms with Gasteiger partial charge in [0.25, 0.3) is 0 Å². The molecule has 0 aliphatic heterocycles. The second-order valence-electron chi connectivity index (χ2n) is 5.37. The lowest BCUT2D eigenvalue weighted by Crippen LogP contribution is -2.36. The van der Waals surface area contributed by atoms with Crippen LogP contribution in [0.3, 0.4) is 0 Å². The predicted octanol–water partition coefficient (Wildman–Crippen LogP) is 3.24. The van der Waals surface area contributed by atoms with Gasteiger partial charge in [-0.2, -0.15) is 0 Å². The number of ether oxygens (including phenoxy) is 1. The first-order valence-electron chi connectivity index (χ1n) is 6.86. The first kappa shape index (κ1) is 15.7. The molecule has 0 spiro atoms. The monoisotopic (exact) mass is 263 g/mol. The molecule has 0 aliphatic carbocycles. The Hall–Kier alpha value is -1.35. The molecule has 0 radical (unpaired) electrons. The van der Waals surface area contributed by atoms with Gasteiger partial charge in [-0.3, -0.25) is 4.79 Å². The van der Waals surface area contributed by atoms with Crippen LogP contribution in [0.1, 0.15) is 38.1 Å². The number of hydrogen-bond donors (Lipinski definition) is 0. The fourth-order valence-corrected chi connectivity index (χ4v) is 1.90. The van der Waals surface area contributed by atoms with Crippen molar-refractivity contribution in [2.75, 3.05) is 20.2 Å². The van der Waals surface area contributed by atoms with Crippen molar-refractivity contribution in [2.45, 2.75) is 33.7 Å². The summed E-state index contributed by atoms with van der Waals surface area (Å²) in [5.74, 6) is 1.34. The van der Waals surface area contributed by atoms with Crippen LogP contribution < -0.4 is 4.74 Å². The van der Waals surface area contributed by atoms with Crippen molar-refractivity contribution in [3.8, 4) is 5.75 Å². The number of Topliss-reactive ketones (excluding diaryl/α,β-unsaturated/α-hetero) is 1. The number of carbonyl (C=O) groups excluding carboxylic acids is 1. The van der Waals surface area contributed by atoms with E-state index in [1.807, 2.05) is 18.2 Å². The Balaban J connectivity index is 2.52. The number of benzene rings is 1. The molecule has 0 aliphatic rings. The minimum atomic E-state index is 0.0412. The van der Waals surface area contributed by atoms with Crippen molar-refractivity contribution < 1.29 is 9.53 Å². The van der Waals surface area contributed by atoms with E-state index in [1.165, 1.54) is 0 Å². The summed E-state index contributed by atoms with van der Waals surface area (Å²) < 4.78 is 5.74. The summed E-state index contributed by atoms with van der Waals surface area (Å²) in [5.41, 5.74) is 0.655. The minimum absolute atomic E-state index is 0.0412. The van der Waals surface area contributed by atoms with Crippen molar-refractivity contribution in [1.29, 1.82) is 0 Å². The van der Waals surface area contributed by atoms with Gasteiger partial charge in [0.15, 0.2) is 5.78 Å². The molecule has 1 unspecified atom stereocenters. The topological polar surface area (TPSA) is 29.5 Å². The zero-order valence-corrected chi connectivity index (χ0v) is 12.6. The lowest BCUT2D eigenvalue weighted by molar-refractivity contribution is 0.101. The summed E-state index contributed by atoms with van der Waals surface area (Å²) in [5, 5.41) is 0. The average Bonchev–Trinajstić information content (AvgIpc) is 2.37. The van der Waals surface area contributed by atoms with Crippen LogP contribution in [0.2, 0.25) is 0 Å². The summed E-state index contributed by atoms with van der Waals surface area (Å²) >= 11 is 0. The van der Waals surface area contributed by atoms with Crippen molar-refractivity contribution in [1.82, 2.24) is 4.90 Å². The average molecular weight is 263 g/mol. The van der Waals surface area contributed by atoms with E-state index >= 15 is 0 Å². The van der Waals surface area contributed by atoms with E-state index in [-0.39, 0.29) is 5.78 Å². The molecule has 0 aromatic heterocycles. The smallest absolute Gasteiger partial charge is 0.163 e. The summed E-state index contributed by atoms with van der Waals surface area (Å²) in [6, 6.07) is 7.92. The Morgan fingerprint density at radius 1 is 1.26 bits per heavy atom. The number of ketones is 1. The number of para-hydroxylation sites is 1. The SMILES string of the molecule is CC(=O)c1ccccc1OCCN(C)C(C)C(C)C. The lowest BCUT2D eigenvalue weighted by atomic mass is 10.1. The molecule has 0 N–H and O–H groups in total. The van der Waals surface area contributed by atoms with Crippen LogP contribution >= 0.6 is 0 Å². The van der Waals surface area contributed by atoms with Gasteiger partial charge in [-0.1, -0.05) is 26.0 Å². The van der Waals surface area contributed by atoms with E-state index in [0.717, 1.165) is 6.54 Å². The van der Waals surface area contributed by atoms with E-state index < -0.39 is 0 Å². The highest BCUT2D eigenvalue weighted by Gasteiger charge is 2.13. The van der Waals surface area contributed by atoms with Gasteiger partial charge in [0.1, 0.15) is 12.4 Å². The molecule has 0 amide bonds. The van der Waals surface area contributed by atoms with Crippen molar-refractivity contribution in [3.63, 3.8) is 0 Å². The number of likely N-dealkylation sites (N-methyl/N-ethyl adjacent to an activating group) is 1. The first-order valence-corrected chi connectivity index (χ1v) is 6.86. The number of hydrogen-bond acceptors (Lipinski definition) is 3. The maximum Gasteiger partial charge on any atom is 0.163 e. The van der Waals surface area contributed by atoms with Crippen LogP contribution in [-0.2, 0) is 0 Å². The molecular formula is C16H25NO2. The third kappa shape index (κ3) is 4.67. The third-order valence-corrected chi connectivity index (χ3v) is 3.63.